The molecule has 2 aromatic rings. The Morgan fingerprint density at radius 2 is 1.27 bits per heavy atom. The summed E-state index contributed by atoms with van der Waals surface area (Å²) in [6, 6.07) is 8.82. The maximum atomic E-state index is 5.45. The molecule has 0 radical (unpaired) electrons. The summed E-state index contributed by atoms with van der Waals surface area (Å²) in [7, 11) is 0. The van der Waals surface area contributed by atoms with Crippen molar-refractivity contribution in [2.75, 3.05) is 6.79 Å². The first-order chi connectivity index (χ1) is 12.4. The van der Waals surface area contributed by atoms with Crippen molar-refractivity contribution in [1.29, 1.82) is 0 Å². The van der Waals surface area contributed by atoms with E-state index < -0.39 is 0 Å². The molecule has 0 unspecified atom stereocenters. The summed E-state index contributed by atoms with van der Waals surface area (Å²) in [5.41, 5.74) is 8.77. The molecule has 2 heteroatoms. The van der Waals surface area contributed by atoms with E-state index in [2.05, 4.69) is 58.9 Å². The number of rotatable bonds is 2. The van der Waals surface area contributed by atoms with Gasteiger partial charge in [-0.05, 0) is 72.8 Å². The van der Waals surface area contributed by atoms with E-state index >= 15 is 0 Å². The van der Waals surface area contributed by atoms with Crippen LogP contribution in [-0.2, 0) is 12.8 Å². The van der Waals surface area contributed by atoms with Gasteiger partial charge in [0.2, 0.25) is 6.79 Å². The van der Waals surface area contributed by atoms with Crippen LogP contribution in [0.15, 0.2) is 24.3 Å². The van der Waals surface area contributed by atoms with Crippen molar-refractivity contribution < 1.29 is 9.47 Å². The molecule has 0 atom stereocenters. The highest BCUT2D eigenvalue weighted by molar-refractivity contribution is 5.53. The van der Waals surface area contributed by atoms with E-state index in [9.17, 15) is 0 Å². The predicted molar refractivity (Wildman–Crippen MR) is 109 cm³/mol. The third-order valence-corrected chi connectivity index (χ3v) is 5.55. The molecule has 2 aliphatic rings. The summed E-state index contributed by atoms with van der Waals surface area (Å²) >= 11 is 0. The molecule has 26 heavy (non-hydrogen) atoms. The second-order valence-corrected chi connectivity index (χ2v) is 8.13. The number of hydrogen-bond donors (Lipinski definition) is 0. The summed E-state index contributed by atoms with van der Waals surface area (Å²) in [4.78, 5) is 0. The van der Waals surface area contributed by atoms with Gasteiger partial charge in [0.05, 0.1) is 0 Å². The van der Waals surface area contributed by atoms with E-state index in [1.165, 1.54) is 30.4 Å². The predicted octanol–water partition coefficient (Wildman–Crippen LogP) is 6.45. The average molecular weight is 353 g/mol. The molecule has 0 aromatic heterocycles. The quantitative estimate of drug-likeness (QED) is 0.618. The zero-order chi connectivity index (χ0) is 18.8. The van der Waals surface area contributed by atoms with Crippen molar-refractivity contribution in [3.8, 4) is 11.5 Å². The van der Waals surface area contributed by atoms with Crippen molar-refractivity contribution in [1.82, 2.24) is 0 Å². The lowest BCUT2D eigenvalue weighted by atomic mass is 9.92. The topological polar surface area (TPSA) is 18.5 Å². The van der Waals surface area contributed by atoms with Crippen molar-refractivity contribution in [2.24, 2.45) is 0 Å². The molecule has 2 aromatic carbocycles. The van der Waals surface area contributed by atoms with Gasteiger partial charge in [0.1, 0.15) is 0 Å². The first kappa shape index (κ1) is 18.8. The fraction of sp³-hybridized carbons (Fsp3) is 0.500. The Morgan fingerprint density at radius 1 is 0.692 bits per heavy atom. The summed E-state index contributed by atoms with van der Waals surface area (Å²) < 4.78 is 10.8. The molecule has 1 heterocycles. The monoisotopic (exact) mass is 352 g/mol. The standard InChI is InChI=1S/C13H18.C11H14O2/c1-9(2)11-8-7-10(3)12-5-4-6-13(11)12;1-7(2)9-5-4-8(3)10-11(9)13-6-12-10/h7-9H,4-6H2,1-3H3;4-5,7H,6H2,1-3H3. The largest absolute Gasteiger partial charge is 0.453 e. The van der Waals surface area contributed by atoms with Crippen LogP contribution in [0.3, 0.4) is 0 Å². The Bertz CT molecular complexity index is 720. The summed E-state index contributed by atoms with van der Waals surface area (Å²) in [5.74, 6) is 3.03. The SMILES string of the molecule is Cc1ccc(C(C)C)c2c1CCC2.Cc1ccc(C(C)C)c2c1OCO2. The van der Waals surface area contributed by atoms with E-state index in [0.29, 0.717) is 18.6 Å². The number of benzene rings is 2. The second-order valence-electron chi connectivity index (χ2n) is 8.13. The van der Waals surface area contributed by atoms with Crippen LogP contribution >= 0.6 is 0 Å². The minimum absolute atomic E-state index is 0.361. The second kappa shape index (κ2) is 7.73. The molecular formula is C24H32O2. The zero-order valence-electron chi connectivity index (χ0n) is 17.1. The van der Waals surface area contributed by atoms with Crippen molar-refractivity contribution >= 4 is 0 Å². The first-order valence-electron chi connectivity index (χ1n) is 9.90. The molecule has 0 fully saturated rings. The molecule has 0 saturated heterocycles. The fourth-order valence-electron chi connectivity index (χ4n) is 4.06. The van der Waals surface area contributed by atoms with Crippen molar-refractivity contribution in [2.45, 2.75) is 72.6 Å². The van der Waals surface area contributed by atoms with Gasteiger partial charge >= 0.3 is 0 Å². The molecule has 140 valence electrons. The van der Waals surface area contributed by atoms with E-state index in [1.54, 1.807) is 16.7 Å². The molecule has 0 amide bonds. The van der Waals surface area contributed by atoms with Gasteiger partial charge in [0.15, 0.2) is 11.5 Å². The highest BCUT2D eigenvalue weighted by Crippen LogP contribution is 2.41. The number of aryl methyl sites for hydroxylation is 2. The normalized spacial score (nSPS) is 14.5. The molecular weight excluding hydrogens is 320 g/mol. The lowest BCUT2D eigenvalue weighted by Gasteiger charge is -2.13. The van der Waals surface area contributed by atoms with Gasteiger partial charge in [-0.2, -0.15) is 0 Å². The summed E-state index contributed by atoms with van der Waals surface area (Å²) in [6.07, 6.45) is 3.98. The van der Waals surface area contributed by atoms with Gasteiger partial charge in [0, 0.05) is 5.56 Å². The molecule has 0 N–H and O–H groups in total. The van der Waals surface area contributed by atoms with Gasteiger partial charge in [-0.1, -0.05) is 52.0 Å². The molecule has 0 saturated carbocycles. The van der Waals surface area contributed by atoms with E-state index in [0.717, 1.165) is 17.1 Å². The highest BCUT2D eigenvalue weighted by Gasteiger charge is 2.21. The maximum absolute atomic E-state index is 5.45. The molecule has 4 rings (SSSR count). The summed E-state index contributed by atoms with van der Waals surface area (Å²) in [6.45, 7) is 13.6. The van der Waals surface area contributed by atoms with Gasteiger partial charge in [0.25, 0.3) is 0 Å². The van der Waals surface area contributed by atoms with Gasteiger partial charge in [-0.3, -0.25) is 0 Å². The van der Waals surface area contributed by atoms with Crippen LogP contribution in [0.5, 0.6) is 11.5 Å². The van der Waals surface area contributed by atoms with Gasteiger partial charge in [-0.15, -0.1) is 0 Å². The van der Waals surface area contributed by atoms with Crippen LogP contribution in [0.4, 0.5) is 0 Å². The Kier molecular flexibility index (Phi) is 5.60. The van der Waals surface area contributed by atoms with Crippen LogP contribution in [0.2, 0.25) is 0 Å². The molecule has 1 aliphatic carbocycles. The Hall–Kier alpha value is -1.96. The average Bonchev–Trinajstić information content (AvgIpc) is 3.25. The van der Waals surface area contributed by atoms with Gasteiger partial charge < -0.3 is 9.47 Å². The van der Waals surface area contributed by atoms with Crippen LogP contribution in [0.25, 0.3) is 0 Å². The number of fused-ring (bicyclic) bond motifs is 2. The minimum Gasteiger partial charge on any atom is -0.453 e. The third-order valence-electron chi connectivity index (χ3n) is 5.55. The van der Waals surface area contributed by atoms with Crippen molar-refractivity contribution in [3.05, 3.63) is 57.6 Å². The Balaban J connectivity index is 0.000000151. The molecule has 1 aliphatic heterocycles. The summed E-state index contributed by atoms with van der Waals surface area (Å²) in [5, 5.41) is 0. The Morgan fingerprint density at radius 3 is 1.96 bits per heavy atom. The van der Waals surface area contributed by atoms with E-state index in [4.69, 9.17) is 9.47 Å². The van der Waals surface area contributed by atoms with E-state index in [-0.39, 0.29) is 0 Å². The van der Waals surface area contributed by atoms with E-state index in [1.807, 2.05) is 6.92 Å². The van der Waals surface area contributed by atoms with Crippen LogP contribution in [0, 0.1) is 13.8 Å². The van der Waals surface area contributed by atoms with Crippen molar-refractivity contribution in [3.63, 3.8) is 0 Å². The minimum atomic E-state index is 0.361. The number of ether oxygens (including phenoxy) is 2. The Labute approximate surface area is 158 Å². The fourth-order valence-corrected chi connectivity index (χ4v) is 4.06. The lowest BCUT2D eigenvalue weighted by Crippen LogP contribution is -1.97. The molecule has 0 spiro atoms. The maximum Gasteiger partial charge on any atom is 0.231 e. The molecule has 2 nitrogen and oxygen atoms in total. The number of hydrogen-bond acceptors (Lipinski definition) is 2. The third kappa shape index (κ3) is 3.60. The van der Waals surface area contributed by atoms with Gasteiger partial charge in [-0.25, -0.2) is 0 Å². The lowest BCUT2D eigenvalue weighted by molar-refractivity contribution is 0.172. The zero-order valence-corrected chi connectivity index (χ0v) is 17.1. The van der Waals surface area contributed by atoms with Crippen LogP contribution < -0.4 is 9.47 Å². The highest BCUT2D eigenvalue weighted by atomic mass is 16.7. The first-order valence-corrected chi connectivity index (χ1v) is 9.90. The van der Waals surface area contributed by atoms with Crippen LogP contribution in [0.1, 0.15) is 79.3 Å². The molecule has 0 bridgehead atoms. The van der Waals surface area contributed by atoms with Crippen LogP contribution in [-0.4, -0.2) is 6.79 Å². The smallest absolute Gasteiger partial charge is 0.231 e.